The Balaban J connectivity index is 1.98. The van der Waals surface area contributed by atoms with E-state index >= 15 is 0 Å². The minimum Gasteiger partial charge on any atom is -0.393 e. The second-order valence-corrected chi connectivity index (χ2v) is 6.15. The lowest BCUT2D eigenvalue weighted by Crippen LogP contribution is -2.17. The molecule has 0 aliphatic heterocycles. The molecule has 1 aliphatic carbocycles. The topological polar surface area (TPSA) is 76.2 Å². The van der Waals surface area contributed by atoms with Crippen LogP contribution in [0.4, 0.5) is 5.82 Å². The molecule has 116 valence electrons. The molecule has 22 heavy (non-hydrogen) atoms. The van der Waals surface area contributed by atoms with Gasteiger partial charge in [-0.25, -0.2) is 15.0 Å². The van der Waals surface area contributed by atoms with Crippen molar-refractivity contribution >= 4 is 23.3 Å². The Hall–Kier alpha value is -1.73. The van der Waals surface area contributed by atoms with E-state index in [4.69, 9.17) is 4.99 Å². The van der Waals surface area contributed by atoms with Crippen LogP contribution in [0.25, 0.3) is 11.3 Å². The summed E-state index contributed by atoms with van der Waals surface area (Å²) in [6.07, 6.45) is 8.63. The average Bonchev–Trinajstić information content (AvgIpc) is 2.96. The van der Waals surface area contributed by atoms with Crippen molar-refractivity contribution in [3.63, 3.8) is 0 Å². The summed E-state index contributed by atoms with van der Waals surface area (Å²) < 4.78 is 1.76. The van der Waals surface area contributed by atoms with E-state index in [1.54, 1.807) is 10.9 Å². The smallest absolute Gasteiger partial charge is 0.189 e. The van der Waals surface area contributed by atoms with Crippen molar-refractivity contribution in [3.05, 3.63) is 18.5 Å². The van der Waals surface area contributed by atoms with Gasteiger partial charge in [-0.3, -0.25) is 4.68 Å². The largest absolute Gasteiger partial charge is 0.393 e. The van der Waals surface area contributed by atoms with Crippen LogP contribution in [0.1, 0.15) is 25.7 Å². The number of nitrogens with zero attached hydrogens (tertiary/aromatic N) is 5. The Bertz CT molecular complexity index is 687. The van der Waals surface area contributed by atoms with Gasteiger partial charge in [-0.05, 0) is 38.0 Å². The summed E-state index contributed by atoms with van der Waals surface area (Å²) in [4.78, 5) is 13.6. The summed E-state index contributed by atoms with van der Waals surface area (Å²) in [5, 5.41) is 14.7. The molecule has 1 saturated carbocycles. The van der Waals surface area contributed by atoms with Crippen molar-refractivity contribution < 1.29 is 5.11 Å². The van der Waals surface area contributed by atoms with Crippen molar-refractivity contribution in [2.24, 2.45) is 12.0 Å². The third-order valence-corrected chi connectivity index (χ3v) is 4.28. The number of aliphatic hydroxyl groups excluding tert-OH is 1. The van der Waals surface area contributed by atoms with E-state index < -0.39 is 0 Å². The normalized spacial score (nSPS) is 18.5. The number of aliphatic hydroxyl groups is 1. The average molecular weight is 317 g/mol. The summed E-state index contributed by atoms with van der Waals surface area (Å²) in [7, 11) is 1.88. The molecule has 7 heteroatoms. The molecular formula is C15H19N5OS. The van der Waals surface area contributed by atoms with E-state index in [1.165, 1.54) is 11.8 Å². The zero-order chi connectivity index (χ0) is 15.5. The van der Waals surface area contributed by atoms with Crippen molar-refractivity contribution in [2.45, 2.75) is 36.9 Å². The van der Waals surface area contributed by atoms with Crippen LogP contribution < -0.4 is 0 Å². The summed E-state index contributed by atoms with van der Waals surface area (Å²) in [5.41, 5.74) is 2.76. The highest BCUT2D eigenvalue weighted by atomic mass is 32.2. The second-order valence-electron chi connectivity index (χ2n) is 5.38. The van der Waals surface area contributed by atoms with E-state index in [2.05, 4.69) is 15.1 Å². The van der Waals surface area contributed by atoms with E-state index in [-0.39, 0.29) is 6.10 Å². The quantitative estimate of drug-likeness (QED) is 0.695. The number of aromatic nitrogens is 4. The highest BCUT2D eigenvalue weighted by Crippen LogP contribution is 2.29. The Morgan fingerprint density at radius 3 is 2.77 bits per heavy atom. The Morgan fingerprint density at radius 2 is 2.14 bits per heavy atom. The van der Waals surface area contributed by atoms with Gasteiger partial charge in [-0.1, -0.05) is 11.8 Å². The summed E-state index contributed by atoms with van der Waals surface area (Å²) in [6, 6.07) is 1.94. The van der Waals surface area contributed by atoms with E-state index in [1.807, 2.05) is 25.6 Å². The molecule has 0 unspecified atom stereocenters. The molecule has 1 N–H and O–H groups in total. The van der Waals surface area contributed by atoms with Crippen LogP contribution in [0.2, 0.25) is 0 Å². The zero-order valence-electron chi connectivity index (χ0n) is 12.7. The zero-order valence-corrected chi connectivity index (χ0v) is 13.5. The molecule has 3 rings (SSSR count). The minimum absolute atomic E-state index is 0.193. The van der Waals surface area contributed by atoms with Crippen LogP contribution in [-0.4, -0.2) is 42.9 Å². The maximum Gasteiger partial charge on any atom is 0.189 e. The fourth-order valence-corrected chi connectivity index (χ4v) is 2.81. The lowest BCUT2D eigenvalue weighted by atomic mass is 9.96. The Morgan fingerprint density at radius 1 is 1.36 bits per heavy atom. The molecule has 0 atom stereocenters. The number of hydrogen-bond acceptors (Lipinski definition) is 6. The highest BCUT2D eigenvalue weighted by molar-refractivity contribution is 7.98. The number of thioether (sulfide) groups is 1. The Kier molecular flexibility index (Phi) is 4.54. The standard InChI is InChI=1S/C15H19N5OS/c1-20-8-7-13(19-20)12-9-16-15(22-2)18-14(12)17-10-3-5-11(21)6-4-10/h7-9,11,21H,3-6H2,1-2H3. The lowest BCUT2D eigenvalue weighted by molar-refractivity contribution is 0.152. The first kappa shape index (κ1) is 15.2. The number of aliphatic imine (C=N–C) groups is 1. The maximum absolute atomic E-state index is 9.61. The van der Waals surface area contributed by atoms with Crippen LogP contribution in [0.5, 0.6) is 0 Å². The van der Waals surface area contributed by atoms with E-state index in [9.17, 15) is 5.11 Å². The van der Waals surface area contributed by atoms with Crippen molar-refractivity contribution in [1.82, 2.24) is 19.7 Å². The third kappa shape index (κ3) is 3.36. The summed E-state index contributed by atoms with van der Waals surface area (Å²) in [6.45, 7) is 0. The predicted molar refractivity (Wildman–Crippen MR) is 87.6 cm³/mol. The molecule has 0 amide bonds. The predicted octanol–water partition coefficient (Wildman–Crippen LogP) is 2.61. The van der Waals surface area contributed by atoms with Gasteiger partial charge in [-0.2, -0.15) is 5.10 Å². The first-order valence-corrected chi connectivity index (χ1v) is 8.53. The Labute approximate surface area is 133 Å². The maximum atomic E-state index is 9.61. The molecule has 2 aromatic rings. The van der Waals surface area contributed by atoms with Gasteiger partial charge in [0.15, 0.2) is 11.0 Å². The monoisotopic (exact) mass is 317 g/mol. The second kappa shape index (κ2) is 6.58. The van der Waals surface area contributed by atoms with Crippen LogP contribution in [-0.2, 0) is 7.05 Å². The summed E-state index contributed by atoms with van der Waals surface area (Å²) >= 11 is 1.50. The number of hydrogen-bond donors (Lipinski definition) is 1. The molecule has 0 radical (unpaired) electrons. The van der Waals surface area contributed by atoms with Gasteiger partial charge >= 0.3 is 0 Å². The molecule has 1 aliphatic rings. The van der Waals surface area contributed by atoms with Crippen LogP contribution >= 0.6 is 11.8 Å². The van der Waals surface area contributed by atoms with Crippen molar-refractivity contribution in [1.29, 1.82) is 0 Å². The van der Waals surface area contributed by atoms with E-state index in [0.717, 1.165) is 42.7 Å². The molecule has 0 spiro atoms. The fraction of sp³-hybridized carbons (Fsp3) is 0.467. The molecule has 2 aromatic heterocycles. The number of aryl methyl sites for hydroxylation is 1. The molecular weight excluding hydrogens is 298 g/mol. The SMILES string of the molecule is CSc1ncc(-c2ccn(C)n2)c(N=C2CCC(O)CC2)n1. The lowest BCUT2D eigenvalue weighted by Gasteiger charge is -2.18. The minimum atomic E-state index is -0.193. The van der Waals surface area contributed by atoms with Crippen molar-refractivity contribution in [2.75, 3.05) is 6.26 Å². The van der Waals surface area contributed by atoms with Gasteiger partial charge in [0.25, 0.3) is 0 Å². The molecule has 0 saturated heterocycles. The van der Waals surface area contributed by atoms with Crippen LogP contribution in [0.3, 0.4) is 0 Å². The number of rotatable bonds is 3. The van der Waals surface area contributed by atoms with Crippen molar-refractivity contribution in [3.8, 4) is 11.3 Å². The van der Waals surface area contributed by atoms with Crippen LogP contribution in [0, 0.1) is 0 Å². The molecule has 6 nitrogen and oxygen atoms in total. The van der Waals surface area contributed by atoms with Gasteiger partial charge < -0.3 is 5.11 Å². The molecule has 0 aromatic carbocycles. The van der Waals surface area contributed by atoms with Gasteiger partial charge in [0.1, 0.15) is 0 Å². The van der Waals surface area contributed by atoms with E-state index in [0.29, 0.717) is 11.0 Å². The molecule has 0 bridgehead atoms. The van der Waals surface area contributed by atoms with Gasteiger partial charge in [0.05, 0.1) is 17.4 Å². The summed E-state index contributed by atoms with van der Waals surface area (Å²) in [5.74, 6) is 0.671. The van der Waals surface area contributed by atoms with Gasteiger partial charge in [-0.15, -0.1) is 0 Å². The molecule has 1 fully saturated rings. The third-order valence-electron chi connectivity index (χ3n) is 3.71. The van der Waals surface area contributed by atoms with Gasteiger partial charge in [0, 0.05) is 25.2 Å². The van der Waals surface area contributed by atoms with Crippen LogP contribution in [0.15, 0.2) is 28.6 Å². The highest BCUT2D eigenvalue weighted by Gasteiger charge is 2.17. The fourth-order valence-electron chi connectivity index (χ4n) is 2.48. The molecule has 2 heterocycles. The first-order valence-electron chi connectivity index (χ1n) is 7.31. The first-order chi connectivity index (χ1) is 10.7. The van der Waals surface area contributed by atoms with Gasteiger partial charge in [0.2, 0.25) is 0 Å².